The summed E-state index contributed by atoms with van der Waals surface area (Å²) in [6.45, 7) is 5.06. The van der Waals surface area contributed by atoms with Gasteiger partial charge in [-0.3, -0.25) is 0 Å². The molecule has 1 aliphatic carbocycles. The molecule has 0 spiro atoms. The van der Waals surface area contributed by atoms with Crippen LogP contribution in [0.5, 0.6) is 0 Å². The van der Waals surface area contributed by atoms with E-state index >= 15 is 0 Å². The van der Waals surface area contributed by atoms with Crippen LogP contribution in [0.15, 0.2) is 16.5 Å². The molecule has 0 amide bonds. The zero-order chi connectivity index (χ0) is 10.8. The Morgan fingerprint density at radius 1 is 1.60 bits per heavy atom. The van der Waals surface area contributed by atoms with Crippen LogP contribution in [0.3, 0.4) is 0 Å². The van der Waals surface area contributed by atoms with Crippen LogP contribution in [0.4, 0.5) is 0 Å². The van der Waals surface area contributed by atoms with Gasteiger partial charge in [0.2, 0.25) is 0 Å². The van der Waals surface area contributed by atoms with Gasteiger partial charge in [0.25, 0.3) is 0 Å². The third-order valence-electron chi connectivity index (χ3n) is 3.06. The third-order valence-corrected chi connectivity index (χ3v) is 3.06. The van der Waals surface area contributed by atoms with Gasteiger partial charge in [-0.15, -0.1) is 0 Å². The van der Waals surface area contributed by atoms with Crippen molar-refractivity contribution < 1.29 is 9.52 Å². The topological polar surface area (TPSA) is 45.4 Å². The van der Waals surface area contributed by atoms with Gasteiger partial charge in [0, 0.05) is 12.0 Å². The zero-order valence-electron chi connectivity index (χ0n) is 9.36. The lowest BCUT2D eigenvalue weighted by molar-refractivity contribution is 0.248. The van der Waals surface area contributed by atoms with E-state index in [2.05, 4.69) is 18.3 Å². The maximum absolute atomic E-state index is 8.86. The van der Waals surface area contributed by atoms with Gasteiger partial charge in [-0.2, -0.15) is 0 Å². The Bertz CT molecular complexity index is 321. The quantitative estimate of drug-likeness (QED) is 0.778. The molecule has 3 atom stereocenters. The van der Waals surface area contributed by atoms with Gasteiger partial charge >= 0.3 is 0 Å². The molecule has 3 nitrogen and oxygen atoms in total. The summed E-state index contributed by atoms with van der Waals surface area (Å²) in [5.41, 5.74) is 0. The van der Waals surface area contributed by atoms with Crippen LogP contribution >= 0.6 is 0 Å². The molecule has 1 aromatic heterocycles. The standard InChI is InChI=1S/C12H19NO2/c1-8-5-11(8)12-4-3-10(15-12)6-13-9(2)7-14/h3-4,8-9,11,13-14H,5-7H2,1-2H3/t8?,9-,11?/m0/s1. The Morgan fingerprint density at radius 3 is 2.93 bits per heavy atom. The first-order valence-electron chi connectivity index (χ1n) is 5.63. The van der Waals surface area contributed by atoms with Crippen molar-refractivity contribution in [3.05, 3.63) is 23.7 Å². The van der Waals surface area contributed by atoms with E-state index in [1.54, 1.807) is 0 Å². The number of hydrogen-bond acceptors (Lipinski definition) is 3. The average molecular weight is 209 g/mol. The van der Waals surface area contributed by atoms with E-state index in [0.717, 1.165) is 17.4 Å². The lowest BCUT2D eigenvalue weighted by atomic mass is 10.3. The van der Waals surface area contributed by atoms with Gasteiger partial charge < -0.3 is 14.8 Å². The molecule has 0 bridgehead atoms. The summed E-state index contributed by atoms with van der Waals surface area (Å²) in [6, 6.07) is 4.23. The van der Waals surface area contributed by atoms with E-state index in [1.807, 2.05) is 13.0 Å². The highest BCUT2D eigenvalue weighted by molar-refractivity contribution is 5.17. The van der Waals surface area contributed by atoms with E-state index < -0.39 is 0 Å². The molecule has 2 N–H and O–H groups in total. The second-order valence-corrected chi connectivity index (χ2v) is 4.59. The highest BCUT2D eigenvalue weighted by Crippen LogP contribution is 2.47. The van der Waals surface area contributed by atoms with E-state index in [9.17, 15) is 0 Å². The van der Waals surface area contributed by atoms with Crippen molar-refractivity contribution in [3.63, 3.8) is 0 Å². The molecule has 1 saturated carbocycles. The van der Waals surface area contributed by atoms with Crippen molar-refractivity contribution in [3.8, 4) is 0 Å². The van der Waals surface area contributed by atoms with Crippen molar-refractivity contribution >= 4 is 0 Å². The summed E-state index contributed by atoms with van der Waals surface area (Å²) in [4.78, 5) is 0. The van der Waals surface area contributed by atoms with Crippen LogP contribution in [-0.4, -0.2) is 17.8 Å². The maximum Gasteiger partial charge on any atom is 0.117 e. The monoisotopic (exact) mass is 209 g/mol. The van der Waals surface area contributed by atoms with Crippen molar-refractivity contribution in [1.82, 2.24) is 5.32 Å². The molecule has 3 heteroatoms. The number of aliphatic hydroxyl groups excluding tert-OH is 1. The van der Waals surface area contributed by atoms with Gasteiger partial charge in [-0.25, -0.2) is 0 Å². The predicted molar refractivity (Wildman–Crippen MR) is 58.6 cm³/mol. The van der Waals surface area contributed by atoms with Crippen molar-refractivity contribution in [1.29, 1.82) is 0 Å². The SMILES string of the molecule is CC1CC1c1ccc(CN[C@@H](C)CO)o1. The predicted octanol–water partition coefficient (Wildman–Crippen LogP) is 1.87. The van der Waals surface area contributed by atoms with Crippen LogP contribution in [0.25, 0.3) is 0 Å². The van der Waals surface area contributed by atoms with E-state index in [1.165, 1.54) is 6.42 Å². The van der Waals surface area contributed by atoms with Gasteiger partial charge in [-0.05, 0) is 31.4 Å². The maximum atomic E-state index is 8.86. The van der Waals surface area contributed by atoms with Crippen LogP contribution in [0.2, 0.25) is 0 Å². The van der Waals surface area contributed by atoms with Gasteiger partial charge in [-0.1, -0.05) is 6.92 Å². The first-order chi connectivity index (χ1) is 7.20. The molecule has 1 heterocycles. The Hall–Kier alpha value is -0.800. The molecule has 0 saturated heterocycles. The summed E-state index contributed by atoms with van der Waals surface area (Å²) < 4.78 is 5.73. The Balaban J connectivity index is 1.85. The Kier molecular flexibility index (Phi) is 3.12. The smallest absolute Gasteiger partial charge is 0.117 e. The average Bonchev–Trinajstić information content (AvgIpc) is 2.80. The first-order valence-corrected chi connectivity index (χ1v) is 5.63. The van der Waals surface area contributed by atoms with Gasteiger partial charge in [0.05, 0.1) is 13.2 Å². The van der Waals surface area contributed by atoms with Crippen molar-refractivity contribution in [2.24, 2.45) is 5.92 Å². The lowest BCUT2D eigenvalue weighted by Crippen LogP contribution is -2.28. The molecule has 84 valence electrons. The molecule has 15 heavy (non-hydrogen) atoms. The van der Waals surface area contributed by atoms with Gasteiger partial charge in [0.1, 0.15) is 11.5 Å². The minimum absolute atomic E-state index is 0.124. The van der Waals surface area contributed by atoms with E-state index in [0.29, 0.717) is 12.5 Å². The zero-order valence-corrected chi connectivity index (χ0v) is 9.36. The molecule has 0 aliphatic heterocycles. The summed E-state index contributed by atoms with van der Waals surface area (Å²) in [5, 5.41) is 12.0. The number of furan rings is 1. The molecule has 0 aromatic carbocycles. The lowest BCUT2D eigenvalue weighted by Gasteiger charge is -2.08. The summed E-state index contributed by atoms with van der Waals surface area (Å²) in [5.74, 6) is 3.52. The molecule has 0 radical (unpaired) electrons. The molecule has 2 unspecified atom stereocenters. The highest BCUT2D eigenvalue weighted by atomic mass is 16.3. The van der Waals surface area contributed by atoms with Crippen LogP contribution < -0.4 is 5.32 Å². The minimum Gasteiger partial charge on any atom is -0.464 e. The van der Waals surface area contributed by atoms with Crippen LogP contribution in [0.1, 0.15) is 37.7 Å². The number of nitrogens with one attached hydrogen (secondary N) is 1. The molecule has 2 rings (SSSR count). The second-order valence-electron chi connectivity index (χ2n) is 4.59. The second kappa shape index (κ2) is 4.37. The number of rotatable bonds is 5. The molecule has 1 fully saturated rings. The molecular formula is C12H19NO2. The first kappa shape index (κ1) is 10.7. The number of hydrogen-bond donors (Lipinski definition) is 2. The molecular weight excluding hydrogens is 190 g/mol. The minimum atomic E-state index is 0.124. The summed E-state index contributed by atoms with van der Waals surface area (Å²) >= 11 is 0. The molecule has 1 aliphatic rings. The van der Waals surface area contributed by atoms with Crippen molar-refractivity contribution in [2.45, 2.75) is 38.8 Å². The van der Waals surface area contributed by atoms with Crippen molar-refractivity contribution in [2.75, 3.05) is 6.61 Å². The van der Waals surface area contributed by atoms with Crippen LogP contribution in [-0.2, 0) is 6.54 Å². The third kappa shape index (κ3) is 2.61. The summed E-state index contributed by atoms with van der Waals surface area (Å²) in [7, 11) is 0. The highest BCUT2D eigenvalue weighted by Gasteiger charge is 2.36. The van der Waals surface area contributed by atoms with Gasteiger partial charge in [0.15, 0.2) is 0 Å². The van der Waals surface area contributed by atoms with E-state index in [4.69, 9.17) is 9.52 Å². The Morgan fingerprint density at radius 2 is 2.33 bits per heavy atom. The molecule has 1 aromatic rings. The fourth-order valence-electron chi connectivity index (χ4n) is 1.75. The van der Waals surface area contributed by atoms with E-state index in [-0.39, 0.29) is 12.6 Å². The number of aliphatic hydroxyl groups is 1. The Labute approximate surface area is 90.5 Å². The largest absolute Gasteiger partial charge is 0.464 e. The normalized spacial score (nSPS) is 26.6. The summed E-state index contributed by atoms with van der Waals surface area (Å²) in [6.07, 6.45) is 1.26. The fraction of sp³-hybridized carbons (Fsp3) is 0.667. The fourth-order valence-corrected chi connectivity index (χ4v) is 1.75. The van der Waals surface area contributed by atoms with Crippen LogP contribution in [0, 0.1) is 5.92 Å².